The Labute approximate surface area is 185 Å². The fourth-order valence-corrected chi connectivity index (χ4v) is 3.03. The Kier molecular flexibility index (Phi) is 8.74. The summed E-state index contributed by atoms with van der Waals surface area (Å²) in [7, 11) is 1.73. The van der Waals surface area contributed by atoms with Crippen molar-refractivity contribution in [2.75, 3.05) is 7.11 Å². The number of methoxy groups -OCH3 is 1. The van der Waals surface area contributed by atoms with Gasteiger partial charge >= 0.3 is 26.2 Å². The van der Waals surface area contributed by atoms with E-state index in [1.807, 2.05) is 24.3 Å². The molecule has 27 heavy (non-hydrogen) atoms. The first-order chi connectivity index (χ1) is 12.1. The van der Waals surface area contributed by atoms with Crippen molar-refractivity contribution in [2.24, 2.45) is 16.7 Å². The fraction of sp³-hybridized carbons (Fsp3) is 0.440. The summed E-state index contributed by atoms with van der Waals surface area (Å²) in [5, 5.41) is 0. The van der Waals surface area contributed by atoms with Crippen LogP contribution in [0.2, 0.25) is 0 Å². The minimum absolute atomic E-state index is 0. The molecule has 2 heteroatoms. The van der Waals surface area contributed by atoms with E-state index >= 15 is 0 Å². The molecule has 0 saturated heterocycles. The Hall–Kier alpha value is -1.14. The molecule has 0 saturated carbocycles. The maximum absolute atomic E-state index is 5.55. The molecular weight excluding hydrogens is 407 g/mol. The standard InChI is InChI=1S/C20H27O.C5H5.Zr/c1-19(2,3)14-12-16(17(13-14)20(4,5)6)15-10-8-9-11-18(15)21-7;1-2-4-5-3-1;/h8-11,13-14H,1-7H3;1-3H,4H2;/q2*-1;+2. The van der Waals surface area contributed by atoms with E-state index in [0.29, 0.717) is 5.92 Å². The number of allylic oxidation sites excluding steroid dienone is 8. The summed E-state index contributed by atoms with van der Waals surface area (Å²) in [5.74, 6) is 1.26. The zero-order valence-corrected chi connectivity index (χ0v) is 20.3. The molecule has 0 radical (unpaired) electrons. The van der Waals surface area contributed by atoms with Gasteiger partial charge in [0.1, 0.15) is 0 Å². The van der Waals surface area contributed by atoms with E-state index in [1.165, 1.54) is 11.1 Å². The second kappa shape index (κ2) is 9.88. The van der Waals surface area contributed by atoms with Gasteiger partial charge in [-0.1, -0.05) is 70.6 Å². The summed E-state index contributed by atoms with van der Waals surface area (Å²) < 4.78 is 5.55. The van der Waals surface area contributed by atoms with Gasteiger partial charge in [-0.3, -0.25) is 6.08 Å². The zero-order chi connectivity index (χ0) is 19.4. The van der Waals surface area contributed by atoms with Gasteiger partial charge in [0, 0.05) is 0 Å². The molecular formula is C25H32OZr. The van der Waals surface area contributed by atoms with Crippen molar-refractivity contribution in [2.45, 2.75) is 48.0 Å². The third-order valence-corrected chi connectivity index (χ3v) is 4.61. The zero-order valence-electron chi connectivity index (χ0n) is 17.8. The van der Waals surface area contributed by atoms with Crippen LogP contribution in [0, 0.1) is 28.9 Å². The molecule has 1 aromatic rings. The second-order valence-corrected chi connectivity index (χ2v) is 8.90. The Bertz CT molecular complexity index is 726. The smallest absolute Gasteiger partial charge is 0.509 e. The first-order valence-corrected chi connectivity index (χ1v) is 9.36. The molecule has 0 N–H and O–H groups in total. The van der Waals surface area contributed by atoms with Crippen LogP contribution in [0.3, 0.4) is 0 Å². The molecule has 1 atom stereocenters. The van der Waals surface area contributed by atoms with Gasteiger partial charge in [0.05, 0.1) is 12.9 Å². The van der Waals surface area contributed by atoms with Crippen molar-refractivity contribution in [1.82, 2.24) is 0 Å². The molecule has 0 heterocycles. The van der Waals surface area contributed by atoms with Crippen molar-refractivity contribution < 1.29 is 30.9 Å². The number of hydrogen-bond acceptors (Lipinski definition) is 1. The summed E-state index contributed by atoms with van der Waals surface area (Å²) in [6.45, 7) is 13.6. The Morgan fingerprint density at radius 1 is 1.04 bits per heavy atom. The molecule has 2 aliphatic rings. The van der Waals surface area contributed by atoms with E-state index in [4.69, 9.17) is 4.74 Å². The van der Waals surface area contributed by atoms with Crippen LogP contribution in [0.25, 0.3) is 5.57 Å². The van der Waals surface area contributed by atoms with Crippen LogP contribution in [-0.4, -0.2) is 7.11 Å². The molecule has 0 spiro atoms. The monoisotopic (exact) mass is 438 g/mol. The largest absolute Gasteiger partial charge is 2.00 e. The van der Waals surface area contributed by atoms with Gasteiger partial charge in [0.15, 0.2) is 0 Å². The predicted molar refractivity (Wildman–Crippen MR) is 112 cm³/mol. The first-order valence-electron chi connectivity index (χ1n) is 9.36. The van der Waals surface area contributed by atoms with Crippen molar-refractivity contribution in [3.63, 3.8) is 0 Å². The number of para-hydroxylation sites is 1. The van der Waals surface area contributed by atoms with Crippen LogP contribution < -0.4 is 4.74 Å². The van der Waals surface area contributed by atoms with Crippen LogP contribution in [-0.2, 0) is 26.2 Å². The average molecular weight is 440 g/mol. The van der Waals surface area contributed by atoms with Crippen LogP contribution in [0.4, 0.5) is 0 Å². The summed E-state index contributed by atoms with van der Waals surface area (Å²) in [6, 6.07) is 8.23. The Balaban J connectivity index is 0.000000526. The van der Waals surface area contributed by atoms with Crippen molar-refractivity contribution in [1.29, 1.82) is 0 Å². The number of benzene rings is 1. The molecule has 0 bridgehead atoms. The van der Waals surface area contributed by atoms with Gasteiger partial charge in [-0.25, -0.2) is 12.2 Å². The topological polar surface area (TPSA) is 9.23 Å². The molecule has 0 aliphatic heterocycles. The van der Waals surface area contributed by atoms with Gasteiger partial charge in [0.25, 0.3) is 0 Å². The molecule has 0 amide bonds. The molecule has 3 rings (SSSR count). The summed E-state index contributed by atoms with van der Waals surface area (Å²) in [4.78, 5) is 0. The molecule has 2 aliphatic carbocycles. The number of ether oxygens (including phenoxy) is 1. The normalized spacial score (nSPS) is 18.3. The van der Waals surface area contributed by atoms with E-state index in [-0.39, 0.29) is 37.0 Å². The van der Waals surface area contributed by atoms with Crippen LogP contribution in [0.1, 0.15) is 53.5 Å². The van der Waals surface area contributed by atoms with E-state index in [2.05, 4.69) is 78.0 Å². The van der Waals surface area contributed by atoms with Gasteiger partial charge in [-0.2, -0.15) is 17.7 Å². The van der Waals surface area contributed by atoms with Crippen molar-refractivity contribution in [3.8, 4) is 5.75 Å². The summed E-state index contributed by atoms with van der Waals surface area (Å²) >= 11 is 0. The van der Waals surface area contributed by atoms with Crippen LogP contribution in [0.5, 0.6) is 5.75 Å². The Morgan fingerprint density at radius 3 is 2.15 bits per heavy atom. The van der Waals surface area contributed by atoms with Gasteiger partial charge in [-0.15, -0.1) is 24.1 Å². The van der Waals surface area contributed by atoms with Gasteiger partial charge in [0.2, 0.25) is 0 Å². The van der Waals surface area contributed by atoms with Crippen molar-refractivity contribution in [3.05, 3.63) is 71.9 Å². The molecule has 0 fully saturated rings. The quantitative estimate of drug-likeness (QED) is 0.459. The maximum atomic E-state index is 5.55. The minimum Gasteiger partial charge on any atom is -0.509 e. The molecule has 142 valence electrons. The van der Waals surface area contributed by atoms with Gasteiger partial charge < -0.3 is 4.74 Å². The Morgan fingerprint density at radius 2 is 1.70 bits per heavy atom. The first kappa shape index (κ1) is 23.9. The predicted octanol–water partition coefficient (Wildman–Crippen LogP) is 6.83. The molecule has 0 aromatic heterocycles. The third-order valence-electron chi connectivity index (χ3n) is 4.61. The summed E-state index contributed by atoms with van der Waals surface area (Å²) in [5.41, 5.74) is 4.00. The minimum atomic E-state index is 0. The molecule has 1 aromatic carbocycles. The van der Waals surface area contributed by atoms with E-state index in [9.17, 15) is 0 Å². The second-order valence-electron chi connectivity index (χ2n) is 8.90. The average Bonchev–Trinajstić information content (AvgIpc) is 3.26. The van der Waals surface area contributed by atoms with Crippen molar-refractivity contribution >= 4 is 5.57 Å². The SMILES string of the molecule is COc1ccccc1C1=[C-]C(C(C)(C)C)C=C1C(C)(C)C.[C-]1=CC=CC1.[Zr+2]. The number of rotatable bonds is 2. The van der Waals surface area contributed by atoms with Crippen LogP contribution in [0.15, 0.2) is 54.1 Å². The summed E-state index contributed by atoms with van der Waals surface area (Å²) in [6.07, 6.45) is 16.1. The molecule has 1 unspecified atom stereocenters. The van der Waals surface area contributed by atoms with E-state index < -0.39 is 0 Å². The maximum Gasteiger partial charge on any atom is 2.00 e. The third kappa shape index (κ3) is 6.46. The van der Waals surface area contributed by atoms with E-state index in [1.54, 1.807) is 7.11 Å². The molecule has 1 nitrogen and oxygen atoms in total. The van der Waals surface area contributed by atoms with E-state index in [0.717, 1.165) is 17.7 Å². The fourth-order valence-electron chi connectivity index (χ4n) is 3.03. The van der Waals surface area contributed by atoms with Crippen LogP contribution >= 0.6 is 0 Å². The van der Waals surface area contributed by atoms with Gasteiger partial charge in [-0.05, 0) is 11.5 Å². The number of hydrogen-bond donors (Lipinski definition) is 0.